The van der Waals surface area contributed by atoms with E-state index < -0.39 is 59.5 Å². The van der Waals surface area contributed by atoms with Crippen molar-refractivity contribution in [2.24, 2.45) is 0 Å². The first-order valence-electron chi connectivity index (χ1n) is 10.5. The lowest BCUT2D eigenvalue weighted by Gasteiger charge is -2.36. The predicted molar refractivity (Wildman–Crippen MR) is 115 cm³/mol. The van der Waals surface area contributed by atoms with Gasteiger partial charge in [-0.25, -0.2) is 0 Å². The number of nitro groups is 1. The second kappa shape index (κ2) is 11.4. The van der Waals surface area contributed by atoms with Crippen molar-refractivity contribution < 1.29 is 45.6 Å². The summed E-state index contributed by atoms with van der Waals surface area (Å²) in [6.45, 7) is -0.107. The fourth-order valence-electron chi connectivity index (χ4n) is 3.33. The third-order valence-electron chi connectivity index (χ3n) is 5.13. The van der Waals surface area contributed by atoms with Crippen molar-refractivity contribution in [3.05, 3.63) is 75.3 Å². The van der Waals surface area contributed by atoms with Gasteiger partial charge in [0.15, 0.2) is 11.3 Å². The number of carbonyl (C=O) groups is 2. The molecule has 0 aliphatic rings. The molecule has 0 spiro atoms. The van der Waals surface area contributed by atoms with E-state index in [1.165, 1.54) is 24.3 Å². The summed E-state index contributed by atoms with van der Waals surface area (Å²) >= 11 is 0. The molecule has 2 aromatic carbocycles. The van der Waals surface area contributed by atoms with E-state index in [2.05, 4.69) is 0 Å². The first-order valence-corrected chi connectivity index (χ1v) is 10.5. The molecule has 2 aromatic rings. The summed E-state index contributed by atoms with van der Waals surface area (Å²) in [6.07, 6.45) is -12.4. The SMILES string of the molecule is Cc1ccc(C(=O)CC(NC(=O)C[N+](=O)[O-])(c2ccc(OCCCC(F)(F)F)cc2)C(F)(F)F)cc1. The zero-order chi connectivity index (χ0) is 27.1. The Morgan fingerprint density at radius 1 is 0.972 bits per heavy atom. The van der Waals surface area contributed by atoms with Crippen LogP contribution in [0.3, 0.4) is 0 Å². The highest BCUT2D eigenvalue weighted by atomic mass is 19.4. The van der Waals surface area contributed by atoms with Crippen LogP contribution in [-0.2, 0) is 10.3 Å². The van der Waals surface area contributed by atoms with Crippen molar-refractivity contribution in [3.8, 4) is 5.75 Å². The molecule has 7 nitrogen and oxygen atoms in total. The summed E-state index contributed by atoms with van der Waals surface area (Å²) in [4.78, 5) is 34.5. The number of nitrogens with zero attached hydrogens (tertiary/aromatic N) is 1. The average Bonchev–Trinajstić information content (AvgIpc) is 2.75. The van der Waals surface area contributed by atoms with Gasteiger partial charge in [0.25, 0.3) is 12.5 Å². The van der Waals surface area contributed by atoms with Crippen molar-refractivity contribution in [3.63, 3.8) is 0 Å². The van der Waals surface area contributed by atoms with Crippen LogP contribution in [0.15, 0.2) is 48.5 Å². The number of ketones is 1. The molecule has 1 N–H and O–H groups in total. The van der Waals surface area contributed by atoms with Crippen LogP contribution in [-0.4, -0.2) is 42.1 Å². The molecule has 0 aromatic heterocycles. The Hall–Kier alpha value is -3.64. The average molecular weight is 520 g/mol. The summed E-state index contributed by atoms with van der Waals surface area (Å²) in [5, 5.41) is 12.3. The highest BCUT2D eigenvalue weighted by Gasteiger charge is 2.58. The van der Waals surface area contributed by atoms with E-state index in [-0.39, 0.29) is 24.3 Å². The fraction of sp³-hybridized carbons (Fsp3) is 0.391. The lowest BCUT2D eigenvalue weighted by molar-refractivity contribution is -0.468. The molecule has 196 valence electrons. The molecule has 0 saturated heterocycles. The minimum absolute atomic E-state index is 0.0431. The maximum Gasteiger partial charge on any atom is 0.416 e. The van der Waals surface area contributed by atoms with Crippen molar-refractivity contribution in [1.29, 1.82) is 0 Å². The van der Waals surface area contributed by atoms with Crippen molar-refractivity contribution in [1.82, 2.24) is 5.32 Å². The number of Topliss-reactive ketones (excluding diaryl/α,β-unsaturated/α-hetero) is 1. The van der Waals surface area contributed by atoms with Crippen LogP contribution >= 0.6 is 0 Å². The van der Waals surface area contributed by atoms with Crippen LogP contribution in [0.25, 0.3) is 0 Å². The molecule has 0 aliphatic carbocycles. The minimum Gasteiger partial charge on any atom is -0.494 e. The predicted octanol–water partition coefficient (Wildman–Crippen LogP) is 5.14. The van der Waals surface area contributed by atoms with Gasteiger partial charge in [-0.15, -0.1) is 0 Å². The number of amides is 1. The molecule has 1 amide bonds. The largest absolute Gasteiger partial charge is 0.494 e. The monoisotopic (exact) mass is 520 g/mol. The molecular formula is C23H22F6N2O5. The summed E-state index contributed by atoms with van der Waals surface area (Å²) in [5.74, 6) is -2.60. The van der Waals surface area contributed by atoms with Gasteiger partial charge >= 0.3 is 12.4 Å². The van der Waals surface area contributed by atoms with Crippen molar-refractivity contribution in [2.75, 3.05) is 13.2 Å². The fourth-order valence-corrected chi connectivity index (χ4v) is 3.33. The van der Waals surface area contributed by atoms with Gasteiger partial charge in [0.2, 0.25) is 0 Å². The first-order chi connectivity index (χ1) is 16.6. The van der Waals surface area contributed by atoms with Crippen molar-refractivity contribution >= 4 is 11.7 Å². The Morgan fingerprint density at radius 2 is 1.56 bits per heavy atom. The number of alkyl halides is 6. The maximum absolute atomic E-state index is 14.5. The summed E-state index contributed by atoms with van der Waals surface area (Å²) in [5.41, 5.74) is -3.26. The third-order valence-corrected chi connectivity index (χ3v) is 5.13. The molecule has 13 heteroatoms. The molecule has 0 aliphatic heterocycles. The van der Waals surface area contributed by atoms with Gasteiger partial charge in [-0.3, -0.25) is 19.7 Å². The van der Waals surface area contributed by atoms with Crippen LogP contribution in [0.4, 0.5) is 26.3 Å². The van der Waals surface area contributed by atoms with E-state index in [0.29, 0.717) is 0 Å². The molecule has 1 atom stereocenters. The standard InChI is InChI=1S/C23H22F6N2O5/c1-15-3-5-16(6-4-15)19(32)13-21(23(27,28)29,30-20(33)14-31(34)35)17-7-9-18(10-8-17)36-12-2-11-22(24,25)26/h3-10H,2,11-14H2,1H3,(H,30,33). The third kappa shape index (κ3) is 7.95. The molecule has 36 heavy (non-hydrogen) atoms. The smallest absolute Gasteiger partial charge is 0.416 e. The second-order valence-electron chi connectivity index (χ2n) is 8.00. The zero-order valence-electron chi connectivity index (χ0n) is 18.9. The quantitative estimate of drug-likeness (QED) is 0.146. The van der Waals surface area contributed by atoms with Gasteiger partial charge in [0.05, 0.1) is 6.61 Å². The van der Waals surface area contributed by atoms with E-state index in [1.807, 2.05) is 0 Å². The number of halogens is 6. The Bertz CT molecular complexity index is 1070. The molecular weight excluding hydrogens is 498 g/mol. The molecule has 0 bridgehead atoms. The van der Waals surface area contributed by atoms with Crippen molar-refractivity contribution in [2.45, 2.75) is 44.1 Å². The summed E-state index contributed by atoms with van der Waals surface area (Å²) in [7, 11) is 0. The van der Waals surface area contributed by atoms with E-state index in [4.69, 9.17) is 4.74 Å². The molecule has 0 fully saturated rings. The van der Waals surface area contributed by atoms with Gasteiger partial charge in [0, 0.05) is 23.3 Å². The van der Waals surface area contributed by atoms with Gasteiger partial charge in [-0.1, -0.05) is 42.0 Å². The van der Waals surface area contributed by atoms with Crippen LogP contribution in [0.1, 0.15) is 40.7 Å². The number of hydrogen-bond acceptors (Lipinski definition) is 5. The second-order valence-corrected chi connectivity index (χ2v) is 8.00. The molecule has 0 radical (unpaired) electrons. The van der Waals surface area contributed by atoms with Gasteiger partial charge in [0.1, 0.15) is 5.75 Å². The van der Waals surface area contributed by atoms with E-state index in [1.54, 1.807) is 12.2 Å². The minimum atomic E-state index is -5.27. The van der Waals surface area contributed by atoms with Gasteiger partial charge in [-0.05, 0) is 31.0 Å². The number of aryl methyl sites for hydroxylation is 1. The zero-order valence-corrected chi connectivity index (χ0v) is 18.9. The van der Waals surface area contributed by atoms with Crippen LogP contribution in [0.2, 0.25) is 0 Å². The summed E-state index contributed by atoms with van der Waals surface area (Å²) in [6, 6.07) is 9.52. The topological polar surface area (TPSA) is 98.5 Å². The summed E-state index contributed by atoms with van der Waals surface area (Å²) < 4.78 is 85.3. The van der Waals surface area contributed by atoms with Gasteiger partial charge in [-0.2, -0.15) is 26.3 Å². The number of benzene rings is 2. The van der Waals surface area contributed by atoms with E-state index >= 15 is 0 Å². The Kier molecular flexibility index (Phi) is 9.05. The number of carbonyl (C=O) groups excluding carboxylic acids is 2. The number of ether oxygens (including phenoxy) is 1. The van der Waals surface area contributed by atoms with Crippen LogP contribution < -0.4 is 10.1 Å². The Balaban J connectivity index is 2.40. The molecule has 0 saturated carbocycles. The van der Waals surface area contributed by atoms with E-state index in [0.717, 1.165) is 29.8 Å². The number of hydrogen-bond donors (Lipinski definition) is 1. The molecule has 1 unspecified atom stereocenters. The van der Waals surface area contributed by atoms with Gasteiger partial charge < -0.3 is 10.1 Å². The van der Waals surface area contributed by atoms with Crippen LogP contribution in [0.5, 0.6) is 5.75 Å². The Labute approximate surface area is 201 Å². The maximum atomic E-state index is 14.5. The normalized spacial score (nSPS) is 13.5. The van der Waals surface area contributed by atoms with E-state index in [9.17, 15) is 46.0 Å². The highest BCUT2D eigenvalue weighted by molar-refractivity contribution is 5.97. The highest BCUT2D eigenvalue weighted by Crippen LogP contribution is 2.43. The lowest BCUT2D eigenvalue weighted by atomic mass is 9.82. The number of nitrogens with one attached hydrogen (secondary N) is 1. The number of rotatable bonds is 11. The molecule has 0 heterocycles. The Morgan fingerprint density at radius 3 is 2.06 bits per heavy atom. The van der Waals surface area contributed by atoms with Crippen LogP contribution in [0, 0.1) is 17.0 Å². The first kappa shape index (κ1) is 28.6. The lowest BCUT2D eigenvalue weighted by Crippen LogP contribution is -2.58. The molecule has 2 rings (SSSR count).